The molecule has 0 unspecified atom stereocenters. The first-order valence-electron chi connectivity index (χ1n) is 8.38. The van der Waals surface area contributed by atoms with E-state index in [9.17, 15) is 19.7 Å². The zero-order valence-corrected chi connectivity index (χ0v) is 14.8. The Bertz CT molecular complexity index is 1030. The number of nitrogens with one attached hydrogen (secondary N) is 2. The first-order valence-corrected chi connectivity index (χ1v) is 8.38. The molecule has 1 amide bonds. The minimum Gasteiger partial charge on any atom is -0.461 e. The van der Waals surface area contributed by atoms with Gasteiger partial charge in [-0.2, -0.15) is 5.10 Å². The van der Waals surface area contributed by atoms with Crippen LogP contribution in [0, 0.1) is 10.1 Å². The van der Waals surface area contributed by atoms with E-state index >= 15 is 0 Å². The van der Waals surface area contributed by atoms with Crippen molar-refractivity contribution < 1.29 is 19.2 Å². The number of anilines is 1. The molecule has 0 atom stereocenters. The Labute approximate surface area is 159 Å². The quantitative estimate of drug-likeness (QED) is 0.383. The van der Waals surface area contributed by atoms with Crippen molar-refractivity contribution in [3.8, 4) is 11.3 Å². The molecule has 142 valence electrons. The van der Waals surface area contributed by atoms with Gasteiger partial charge in [-0.05, 0) is 13.0 Å². The fourth-order valence-electron chi connectivity index (χ4n) is 2.63. The number of H-pyrrole nitrogens is 1. The smallest absolute Gasteiger partial charge is 0.358 e. The van der Waals surface area contributed by atoms with Gasteiger partial charge in [-0.15, -0.1) is 0 Å². The number of ether oxygens (including phenoxy) is 1. The maximum atomic E-state index is 12.7. The van der Waals surface area contributed by atoms with Gasteiger partial charge in [0.25, 0.3) is 11.6 Å². The molecule has 0 aliphatic rings. The number of benzene rings is 2. The Morgan fingerprint density at radius 2 is 1.82 bits per heavy atom. The van der Waals surface area contributed by atoms with Crippen LogP contribution in [0.15, 0.2) is 54.6 Å². The van der Waals surface area contributed by atoms with Gasteiger partial charge < -0.3 is 10.1 Å². The number of rotatable bonds is 6. The molecule has 9 nitrogen and oxygen atoms in total. The lowest BCUT2D eigenvalue weighted by Crippen LogP contribution is -2.17. The van der Waals surface area contributed by atoms with E-state index in [0.29, 0.717) is 11.3 Å². The molecule has 0 bridgehead atoms. The fourth-order valence-corrected chi connectivity index (χ4v) is 2.63. The van der Waals surface area contributed by atoms with Gasteiger partial charge in [0.15, 0.2) is 5.69 Å². The summed E-state index contributed by atoms with van der Waals surface area (Å²) in [5, 5.41) is 20.5. The van der Waals surface area contributed by atoms with E-state index in [2.05, 4.69) is 15.5 Å². The van der Waals surface area contributed by atoms with Gasteiger partial charge in [0.2, 0.25) is 0 Å². The summed E-state index contributed by atoms with van der Waals surface area (Å²) in [6.07, 6.45) is 0. The molecule has 0 saturated heterocycles. The van der Waals surface area contributed by atoms with E-state index in [1.165, 1.54) is 24.3 Å². The standard InChI is InChI=1S/C19H16N4O5/c1-2-28-19(25)17-16(15(21-22-17)12-8-4-3-5-9-12)20-18(24)13-10-6-7-11-14(13)23(26)27/h3-11H,2H2,1H3,(H,20,24)(H,21,22). The summed E-state index contributed by atoms with van der Waals surface area (Å²) in [4.78, 5) is 35.6. The topological polar surface area (TPSA) is 127 Å². The molecule has 9 heteroatoms. The summed E-state index contributed by atoms with van der Waals surface area (Å²) in [6, 6.07) is 14.4. The summed E-state index contributed by atoms with van der Waals surface area (Å²) >= 11 is 0. The second-order valence-electron chi connectivity index (χ2n) is 5.64. The lowest BCUT2D eigenvalue weighted by atomic mass is 10.1. The third-order valence-corrected chi connectivity index (χ3v) is 3.88. The van der Waals surface area contributed by atoms with Crippen LogP contribution in [0.2, 0.25) is 0 Å². The van der Waals surface area contributed by atoms with Gasteiger partial charge in [-0.3, -0.25) is 20.0 Å². The van der Waals surface area contributed by atoms with Crippen molar-refractivity contribution >= 4 is 23.3 Å². The van der Waals surface area contributed by atoms with Crippen LogP contribution in [0.5, 0.6) is 0 Å². The van der Waals surface area contributed by atoms with Crippen LogP contribution in [0.1, 0.15) is 27.8 Å². The van der Waals surface area contributed by atoms with Crippen molar-refractivity contribution in [2.75, 3.05) is 11.9 Å². The lowest BCUT2D eigenvalue weighted by Gasteiger charge is -2.09. The predicted octanol–water partition coefficient (Wildman–Crippen LogP) is 3.41. The number of nitro groups is 1. The number of nitrogens with zero attached hydrogens (tertiary/aromatic N) is 2. The number of aromatic nitrogens is 2. The minimum absolute atomic E-state index is 0.0485. The summed E-state index contributed by atoms with van der Waals surface area (Å²) in [7, 11) is 0. The summed E-state index contributed by atoms with van der Waals surface area (Å²) < 4.78 is 5.00. The number of aromatic amines is 1. The molecule has 2 aromatic carbocycles. The maximum absolute atomic E-state index is 12.7. The molecule has 0 aliphatic carbocycles. The van der Waals surface area contributed by atoms with Crippen molar-refractivity contribution in [2.24, 2.45) is 0 Å². The van der Waals surface area contributed by atoms with Crippen LogP contribution in [0.4, 0.5) is 11.4 Å². The van der Waals surface area contributed by atoms with Crippen molar-refractivity contribution in [3.05, 3.63) is 76.0 Å². The summed E-state index contributed by atoms with van der Waals surface area (Å²) in [5.41, 5.74) is 0.521. The molecular weight excluding hydrogens is 364 g/mol. The van der Waals surface area contributed by atoms with Gasteiger partial charge in [0.05, 0.1) is 11.5 Å². The SMILES string of the molecule is CCOC(=O)c1[nH]nc(-c2ccccc2)c1NC(=O)c1ccccc1[N+](=O)[O-]. The number of hydrogen-bond donors (Lipinski definition) is 2. The van der Waals surface area contributed by atoms with Crippen LogP contribution in [-0.4, -0.2) is 33.6 Å². The van der Waals surface area contributed by atoms with Gasteiger partial charge in [0.1, 0.15) is 16.9 Å². The van der Waals surface area contributed by atoms with Gasteiger partial charge in [-0.1, -0.05) is 42.5 Å². The van der Waals surface area contributed by atoms with Gasteiger partial charge >= 0.3 is 5.97 Å². The van der Waals surface area contributed by atoms with Crippen LogP contribution < -0.4 is 5.32 Å². The number of nitro benzene ring substituents is 1. The van der Waals surface area contributed by atoms with E-state index < -0.39 is 16.8 Å². The highest BCUT2D eigenvalue weighted by Crippen LogP contribution is 2.30. The van der Waals surface area contributed by atoms with Crippen LogP contribution >= 0.6 is 0 Å². The average Bonchev–Trinajstić information content (AvgIpc) is 3.12. The minimum atomic E-state index is -0.739. The normalized spacial score (nSPS) is 10.3. The highest BCUT2D eigenvalue weighted by Gasteiger charge is 2.26. The van der Waals surface area contributed by atoms with E-state index in [1.807, 2.05) is 6.07 Å². The van der Waals surface area contributed by atoms with Crippen molar-refractivity contribution in [1.29, 1.82) is 0 Å². The van der Waals surface area contributed by atoms with E-state index in [4.69, 9.17) is 4.74 Å². The second-order valence-corrected chi connectivity index (χ2v) is 5.64. The van der Waals surface area contributed by atoms with E-state index in [-0.39, 0.29) is 29.2 Å². The zero-order valence-electron chi connectivity index (χ0n) is 14.8. The van der Waals surface area contributed by atoms with E-state index in [0.717, 1.165) is 0 Å². The molecule has 1 heterocycles. The molecule has 28 heavy (non-hydrogen) atoms. The predicted molar refractivity (Wildman–Crippen MR) is 101 cm³/mol. The zero-order chi connectivity index (χ0) is 20.1. The number of para-hydroxylation sites is 1. The molecular formula is C19H16N4O5. The van der Waals surface area contributed by atoms with Gasteiger partial charge in [-0.25, -0.2) is 4.79 Å². The highest BCUT2D eigenvalue weighted by atomic mass is 16.6. The Kier molecular flexibility index (Phi) is 5.45. The van der Waals surface area contributed by atoms with E-state index in [1.54, 1.807) is 31.2 Å². The van der Waals surface area contributed by atoms with Crippen molar-refractivity contribution in [3.63, 3.8) is 0 Å². The third-order valence-electron chi connectivity index (χ3n) is 3.88. The number of hydrogen-bond acceptors (Lipinski definition) is 6. The molecule has 3 rings (SSSR count). The first kappa shape index (κ1) is 18.8. The molecule has 1 aromatic heterocycles. The Balaban J connectivity index is 2.05. The maximum Gasteiger partial charge on any atom is 0.358 e. The molecule has 0 fully saturated rings. The number of esters is 1. The summed E-state index contributed by atoms with van der Waals surface area (Å²) in [5.74, 6) is -1.44. The molecule has 0 aliphatic heterocycles. The molecule has 0 saturated carbocycles. The number of carbonyl (C=O) groups excluding carboxylic acids is 2. The molecule has 0 radical (unpaired) electrons. The largest absolute Gasteiger partial charge is 0.461 e. The second kappa shape index (κ2) is 8.12. The van der Waals surface area contributed by atoms with Crippen molar-refractivity contribution in [1.82, 2.24) is 10.2 Å². The number of amides is 1. The Morgan fingerprint density at radius 1 is 1.14 bits per heavy atom. The summed E-state index contributed by atoms with van der Waals surface area (Å²) in [6.45, 7) is 1.79. The highest BCUT2D eigenvalue weighted by molar-refractivity contribution is 6.11. The molecule has 3 aromatic rings. The Hall–Kier alpha value is -4.01. The Morgan fingerprint density at radius 3 is 2.50 bits per heavy atom. The van der Waals surface area contributed by atoms with Crippen LogP contribution in [0.3, 0.4) is 0 Å². The fraction of sp³-hybridized carbons (Fsp3) is 0.105. The average molecular weight is 380 g/mol. The molecule has 0 spiro atoms. The van der Waals surface area contributed by atoms with Crippen LogP contribution in [-0.2, 0) is 4.74 Å². The molecule has 2 N–H and O–H groups in total. The van der Waals surface area contributed by atoms with Crippen LogP contribution in [0.25, 0.3) is 11.3 Å². The first-order chi connectivity index (χ1) is 13.5. The third kappa shape index (κ3) is 3.73. The van der Waals surface area contributed by atoms with Crippen molar-refractivity contribution in [2.45, 2.75) is 6.92 Å². The number of carbonyl (C=O) groups is 2. The lowest BCUT2D eigenvalue weighted by molar-refractivity contribution is -0.385. The van der Waals surface area contributed by atoms with Gasteiger partial charge in [0, 0.05) is 11.6 Å². The monoisotopic (exact) mass is 380 g/mol.